The zero-order chi connectivity index (χ0) is 10.6. The number of hydrogen-bond donors (Lipinski definition) is 1. The molecule has 0 atom stereocenters. The Morgan fingerprint density at radius 1 is 1.50 bits per heavy atom. The maximum Gasteiger partial charge on any atom is 0.382 e. The minimum Gasteiger partial charge on any atom is -0.472 e. The summed E-state index contributed by atoms with van der Waals surface area (Å²) in [6.07, 6.45) is 0.379. The van der Waals surface area contributed by atoms with Crippen molar-refractivity contribution < 1.29 is 19.1 Å². The Balaban J connectivity index is 3.05. The number of aldehydes is 1. The van der Waals surface area contributed by atoms with E-state index < -0.39 is 11.8 Å². The Hall–Kier alpha value is -2.15. The molecule has 0 aliphatic carbocycles. The van der Waals surface area contributed by atoms with Gasteiger partial charge in [-0.25, -0.2) is 9.18 Å². The van der Waals surface area contributed by atoms with E-state index in [0.29, 0.717) is 6.29 Å². The lowest BCUT2D eigenvalue weighted by molar-refractivity contribution is -0.130. The fourth-order valence-electron chi connectivity index (χ4n) is 0.826. The van der Waals surface area contributed by atoms with Crippen LogP contribution in [-0.4, -0.2) is 17.4 Å². The molecule has 4 heteroatoms. The van der Waals surface area contributed by atoms with Gasteiger partial charge in [-0.2, -0.15) is 0 Å². The zero-order valence-electron chi connectivity index (χ0n) is 6.95. The minimum absolute atomic E-state index is 0.0779. The number of carboxylic acid groups (broad SMARTS) is 1. The van der Waals surface area contributed by atoms with Crippen LogP contribution in [0.3, 0.4) is 0 Å². The average molecular weight is 192 g/mol. The molecule has 3 nitrogen and oxygen atoms in total. The molecule has 0 bridgehead atoms. The van der Waals surface area contributed by atoms with E-state index >= 15 is 0 Å². The van der Waals surface area contributed by atoms with Gasteiger partial charge >= 0.3 is 5.97 Å². The summed E-state index contributed by atoms with van der Waals surface area (Å²) in [6.45, 7) is 0. The molecule has 0 fully saturated rings. The van der Waals surface area contributed by atoms with Crippen molar-refractivity contribution in [2.75, 3.05) is 0 Å². The molecule has 0 radical (unpaired) electrons. The Kier molecular flexibility index (Phi) is 2.97. The highest BCUT2D eigenvalue weighted by Crippen LogP contribution is 2.07. The van der Waals surface area contributed by atoms with Crippen molar-refractivity contribution in [1.29, 1.82) is 0 Å². The van der Waals surface area contributed by atoms with Gasteiger partial charge in [-0.3, -0.25) is 4.79 Å². The largest absolute Gasteiger partial charge is 0.472 e. The molecule has 0 unspecified atom stereocenters. The van der Waals surface area contributed by atoms with E-state index in [4.69, 9.17) is 5.11 Å². The van der Waals surface area contributed by atoms with Crippen LogP contribution in [-0.2, 0) is 4.79 Å². The summed E-state index contributed by atoms with van der Waals surface area (Å²) in [5, 5.41) is 8.22. The predicted octanol–water partition coefficient (Wildman–Crippen LogP) is 1.07. The van der Waals surface area contributed by atoms with Gasteiger partial charge in [0, 0.05) is 11.5 Å². The van der Waals surface area contributed by atoms with Gasteiger partial charge in [0.1, 0.15) is 5.82 Å². The maximum atomic E-state index is 12.9. The molecule has 0 saturated carbocycles. The summed E-state index contributed by atoms with van der Waals surface area (Å²) in [4.78, 5) is 20.3. The van der Waals surface area contributed by atoms with Crippen molar-refractivity contribution in [3.8, 4) is 11.8 Å². The molecule has 0 spiro atoms. The van der Waals surface area contributed by atoms with Crippen LogP contribution in [0.2, 0.25) is 0 Å². The van der Waals surface area contributed by atoms with Crippen LogP contribution < -0.4 is 0 Å². The Morgan fingerprint density at radius 3 is 2.71 bits per heavy atom. The first-order valence-corrected chi connectivity index (χ1v) is 3.63. The van der Waals surface area contributed by atoms with E-state index in [9.17, 15) is 14.0 Å². The summed E-state index contributed by atoms with van der Waals surface area (Å²) >= 11 is 0. The highest BCUT2D eigenvalue weighted by atomic mass is 19.1. The van der Waals surface area contributed by atoms with Crippen molar-refractivity contribution in [1.82, 2.24) is 0 Å². The second kappa shape index (κ2) is 4.19. The number of carbonyl (C=O) groups excluding carboxylic acids is 1. The molecule has 14 heavy (non-hydrogen) atoms. The molecule has 1 rings (SSSR count). The number of halogens is 1. The van der Waals surface area contributed by atoms with Gasteiger partial charge in [0.15, 0.2) is 6.29 Å². The average Bonchev–Trinajstić information content (AvgIpc) is 2.15. The van der Waals surface area contributed by atoms with Crippen LogP contribution in [0.25, 0.3) is 0 Å². The summed E-state index contributed by atoms with van der Waals surface area (Å²) in [5.41, 5.74) is 0.140. The summed E-state index contributed by atoms with van der Waals surface area (Å²) < 4.78 is 12.9. The zero-order valence-corrected chi connectivity index (χ0v) is 6.95. The van der Waals surface area contributed by atoms with E-state index in [1.807, 2.05) is 5.92 Å². The number of carbonyl (C=O) groups is 2. The van der Waals surface area contributed by atoms with Crippen LogP contribution in [0.15, 0.2) is 18.2 Å². The smallest absolute Gasteiger partial charge is 0.382 e. The van der Waals surface area contributed by atoms with Crippen molar-refractivity contribution in [2.45, 2.75) is 0 Å². The molecule has 1 N–H and O–H groups in total. The van der Waals surface area contributed by atoms with Gasteiger partial charge in [-0.1, -0.05) is 5.92 Å². The van der Waals surface area contributed by atoms with E-state index in [2.05, 4.69) is 5.92 Å². The van der Waals surface area contributed by atoms with E-state index in [1.165, 1.54) is 12.1 Å². The number of benzene rings is 1. The lowest BCUT2D eigenvalue weighted by Crippen LogP contribution is -1.90. The second-order valence-electron chi connectivity index (χ2n) is 2.41. The highest BCUT2D eigenvalue weighted by Gasteiger charge is 2.00. The van der Waals surface area contributed by atoms with E-state index in [0.717, 1.165) is 6.07 Å². The molecule has 0 aromatic heterocycles. The molecule has 0 aliphatic heterocycles. The van der Waals surface area contributed by atoms with Gasteiger partial charge in [0.25, 0.3) is 0 Å². The van der Waals surface area contributed by atoms with Gasteiger partial charge in [-0.05, 0) is 18.2 Å². The van der Waals surface area contributed by atoms with E-state index in [-0.39, 0.29) is 11.1 Å². The highest BCUT2D eigenvalue weighted by molar-refractivity contribution is 5.87. The number of hydrogen-bond acceptors (Lipinski definition) is 2. The van der Waals surface area contributed by atoms with Crippen LogP contribution in [0.5, 0.6) is 0 Å². The summed E-state index contributed by atoms with van der Waals surface area (Å²) in [6, 6.07) is 3.64. The van der Waals surface area contributed by atoms with Crippen LogP contribution >= 0.6 is 0 Å². The Bertz CT molecular complexity index is 440. The maximum absolute atomic E-state index is 12.9. The normalized spacial score (nSPS) is 8.64. The van der Waals surface area contributed by atoms with Gasteiger partial charge in [0.05, 0.1) is 5.56 Å². The third kappa shape index (κ3) is 2.42. The molecule has 0 saturated heterocycles. The van der Waals surface area contributed by atoms with Crippen LogP contribution in [0.4, 0.5) is 4.39 Å². The number of carboxylic acids is 1. The Morgan fingerprint density at radius 2 is 2.21 bits per heavy atom. The molecule has 1 aromatic rings. The molecular formula is C10H5FO3. The quantitative estimate of drug-likeness (QED) is 0.535. The molecule has 0 heterocycles. The Labute approximate surface area is 79.2 Å². The van der Waals surface area contributed by atoms with Crippen LogP contribution in [0, 0.1) is 17.7 Å². The standard InChI is InChI=1S/C10H5FO3/c11-9-5-7(2-4-10(13)14)1-3-8(9)6-12/h1,3,5-6H,(H,13,14). The molecule has 0 aliphatic rings. The third-order valence-electron chi connectivity index (χ3n) is 1.44. The van der Waals surface area contributed by atoms with Crippen molar-refractivity contribution in [2.24, 2.45) is 0 Å². The predicted molar refractivity (Wildman–Crippen MR) is 46.3 cm³/mol. The molecule has 0 amide bonds. The first-order chi connectivity index (χ1) is 6.63. The summed E-state index contributed by atoms with van der Waals surface area (Å²) in [5.74, 6) is 2.07. The molecular weight excluding hydrogens is 187 g/mol. The second-order valence-corrected chi connectivity index (χ2v) is 2.41. The third-order valence-corrected chi connectivity index (χ3v) is 1.44. The SMILES string of the molecule is O=Cc1ccc(C#CC(=O)O)cc1F. The van der Waals surface area contributed by atoms with Crippen molar-refractivity contribution in [3.63, 3.8) is 0 Å². The first kappa shape index (κ1) is 9.93. The lowest BCUT2D eigenvalue weighted by atomic mass is 10.1. The lowest BCUT2D eigenvalue weighted by Gasteiger charge is -1.94. The van der Waals surface area contributed by atoms with Crippen molar-refractivity contribution >= 4 is 12.3 Å². The van der Waals surface area contributed by atoms with Gasteiger partial charge in [-0.15, -0.1) is 0 Å². The van der Waals surface area contributed by atoms with Crippen LogP contribution in [0.1, 0.15) is 15.9 Å². The number of rotatable bonds is 1. The monoisotopic (exact) mass is 192 g/mol. The van der Waals surface area contributed by atoms with E-state index in [1.54, 1.807) is 0 Å². The molecule has 1 aromatic carbocycles. The minimum atomic E-state index is -1.29. The molecule has 70 valence electrons. The fourth-order valence-corrected chi connectivity index (χ4v) is 0.826. The van der Waals surface area contributed by atoms with Gasteiger partial charge < -0.3 is 5.11 Å². The fraction of sp³-hybridized carbons (Fsp3) is 0. The van der Waals surface area contributed by atoms with Gasteiger partial charge in [0.2, 0.25) is 0 Å². The summed E-state index contributed by atoms with van der Waals surface area (Å²) in [7, 11) is 0. The van der Waals surface area contributed by atoms with Crippen molar-refractivity contribution in [3.05, 3.63) is 35.1 Å². The first-order valence-electron chi connectivity index (χ1n) is 3.63. The topological polar surface area (TPSA) is 54.4 Å². The number of aliphatic carboxylic acids is 1.